The molecule has 0 aliphatic heterocycles. The number of aromatic nitrogens is 2. The molecule has 0 aliphatic rings. The molecule has 0 fully saturated rings. The molecule has 3 aromatic heterocycles. The van der Waals surface area contributed by atoms with Crippen molar-refractivity contribution in [2.45, 2.75) is 4.90 Å². The number of sulfonamides is 1. The fourth-order valence-electron chi connectivity index (χ4n) is 3.40. The van der Waals surface area contributed by atoms with Crippen molar-refractivity contribution < 1.29 is 12.8 Å². The number of anilines is 1. The van der Waals surface area contributed by atoms with E-state index in [1.165, 1.54) is 12.1 Å². The zero-order valence-electron chi connectivity index (χ0n) is 16.6. The summed E-state index contributed by atoms with van der Waals surface area (Å²) in [6, 6.07) is 21.6. The molecule has 0 aliphatic carbocycles. The van der Waals surface area contributed by atoms with Crippen LogP contribution in [0.3, 0.4) is 0 Å². The highest BCUT2D eigenvalue weighted by molar-refractivity contribution is 7.92. The molecule has 5 rings (SSSR count). The molecule has 6 nitrogen and oxygen atoms in total. The van der Waals surface area contributed by atoms with Crippen molar-refractivity contribution in [1.82, 2.24) is 9.97 Å². The zero-order chi connectivity index (χ0) is 22.1. The number of furan rings is 1. The average Bonchev–Trinajstić information content (AvgIpc) is 3.25. The van der Waals surface area contributed by atoms with Gasteiger partial charge in [-0.3, -0.25) is 4.72 Å². The van der Waals surface area contributed by atoms with Crippen LogP contribution in [0.1, 0.15) is 0 Å². The molecule has 0 unspecified atom stereocenters. The number of hydrogen-bond acceptors (Lipinski definition) is 5. The van der Waals surface area contributed by atoms with Crippen LogP contribution in [0.2, 0.25) is 5.15 Å². The Labute approximate surface area is 189 Å². The molecule has 2 aromatic carbocycles. The molecular formula is C24H16ClN3O3S. The summed E-state index contributed by atoms with van der Waals surface area (Å²) in [5.41, 5.74) is 3.99. The van der Waals surface area contributed by atoms with Gasteiger partial charge in [0.1, 0.15) is 6.26 Å². The van der Waals surface area contributed by atoms with Crippen LogP contribution < -0.4 is 4.72 Å². The monoisotopic (exact) mass is 461 g/mol. The van der Waals surface area contributed by atoms with E-state index in [1.54, 1.807) is 42.9 Å². The third-order valence-corrected chi connectivity index (χ3v) is 6.67. The summed E-state index contributed by atoms with van der Waals surface area (Å²) in [7, 11) is -3.82. The molecular weight excluding hydrogens is 446 g/mol. The maximum absolute atomic E-state index is 12.7. The molecule has 32 heavy (non-hydrogen) atoms. The van der Waals surface area contributed by atoms with Gasteiger partial charge in [-0.1, -0.05) is 60.1 Å². The molecule has 0 spiro atoms. The molecule has 0 bridgehead atoms. The first-order valence-electron chi connectivity index (χ1n) is 9.68. The summed E-state index contributed by atoms with van der Waals surface area (Å²) in [5.74, 6) is 0. The number of fused-ring (bicyclic) bond motifs is 1. The Hall–Kier alpha value is -3.68. The molecule has 0 radical (unpaired) electrons. The topological polar surface area (TPSA) is 85.1 Å². The highest BCUT2D eigenvalue weighted by Crippen LogP contribution is 2.35. The summed E-state index contributed by atoms with van der Waals surface area (Å²) in [4.78, 5) is 8.73. The number of nitrogens with one attached hydrogen (secondary N) is 1. The predicted octanol–water partition coefficient (Wildman–Crippen LogP) is 6.01. The third kappa shape index (κ3) is 3.84. The van der Waals surface area contributed by atoms with E-state index in [4.69, 9.17) is 16.0 Å². The lowest BCUT2D eigenvalue weighted by Crippen LogP contribution is -2.13. The summed E-state index contributed by atoms with van der Waals surface area (Å²) in [5, 5.41) is 0.830. The van der Waals surface area contributed by atoms with Crippen LogP contribution >= 0.6 is 11.6 Å². The highest BCUT2D eigenvalue weighted by atomic mass is 35.5. The van der Waals surface area contributed by atoms with Gasteiger partial charge in [-0.25, -0.2) is 18.4 Å². The summed E-state index contributed by atoms with van der Waals surface area (Å²) in [6.45, 7) is 0. The average molecular weight is 462 g/mol. The largest absolute Gasteiger partial charge is 0.445 e. The van der Waals surface area contributed by atoms with E-state index in [2.05, 4.69) is 14.7 Å². The van der Waals surface area contributed by atoms with Gasteiger partial charge in [-0.05, 0) is 29.8 Å². The maximum Gasteiger partial charge on any atom is 0.261 e. The Kier molecular flexibility index (Phi) is 5.13. The molecule has 158 valence electrons. The Morgan fingerprint density at radius 2 is 1.50 bits per heavy atom. The standard InChI is InChI=1S/C24H16ClN3O3S/c25-23-22(28-32(29,30)19-9-5-2-6-10-19)12-18(14-26-23)21-15-31-24-20(21)11-17(13-27-24)16-7-3-1-4-8-16/h1-15,28H. The van der Waals surface area contributed by atoms with Crippen molar-refractivity contribution in [3.63, 3.8) is 0 Å². The fourth-order valence-corrected chi connectivity index (χ4v) is 4.68. The molecule has 5 aromatic rings. The van der Waals surface area contributed by atoms with E-state index in [0.29, 0.717) is 11.3 Å². The molecule has 1 N–H and O–H groups in total. The lowest BCUT2D eigenvalue weighted by molar-refractivity contribution is 0.601. The van der Waals surface area contributed by atoms with Gasteiger partial charge in [0, 0.05) is 34.5 Å². The van der Waals surface area contributed by atoms with Gasteiger partial charge in [0.2, 0.25) is 5.71 Å². The Bertz CT molecular complexity index is 1520. The zero-order valence-corrected chi connectivity index (χ0v) is 18.1. The van der Waals surface area contributed by atoms with Crippen molar-refractivity contribution >= 4 is 38.4 Å². The van der Waals surface area contributed by atoms with Crippen molar-refractivity contribution in [2.24, 2.45) is 0 Å². The quantitative estimate of drug-likeness (QED) is 0.324. The number of pyridine rings is 2. The first-order chi connectivity index (χ1) is 15.5. The number of halogens is 1. The van der Waals surface area contributed by atoms with Crippen LogP contribution in [-0.2, 0) is 10.0 Å². The number of hydrogen-bond donors (Lipinski definition) is 1. The third-order valence-electron chi connectivity index (χ3n) is 4.98. The van der Waals surface area contributed by atoms with Crippen LogP contribution in [0.25, 0.3) is 33.4 Å². The van der Waals surface area contributed by atoms with Gasteiger partial charge in [-0.2, -0.15) is 0 Å². The smallest absolute Gasteiger partial charge is 0.261 e. The van der Waals surface area contributed by atoms with E-state index in [-0.39, 0.29) is 15.7 Å². The summed E-state index contributed by atoms with van der Waals surface area (Å²) < 4.78 is 33.6. The lowest BCUT2D eigenvalue weighted by atomic mass is 10.0. The van der Waals surface area contributed by atoms with Crippen LogP contribution in [-0.4, -0.2) is 18.4 Å². The number of benzene rings is 2. The van der Waals surface area contributed by atoms with E-state index >= 15 is 0 Å². The predicted molar refractivity (Wildman–Crippen MR) is 125 cm³/mol. The van der Waals surface area contributed by atoms with Crippen molar-refractivity contribution in [3.8, 4) is 22.3 Å². The summed E-state index contributed by atoms with van der Waals surface area (Å²) >= 11 is 6.20. The normalized spacial score (nSPS) is 11.5. The molecule has 0 amide bonds. The Morgan fingerprint density at radius 1 is 0.812 bits per heavy atom. The van der Waals surface area contributed by atoms with Crippen molar-refractivity contribution in [2.75, 3.05) is 4.72 Å². The van der Waals surface area contributed by atoms with Crippen molar-refractivity contribution in [1.29, 1.82) is 0 Å². The first-order valence-corrected chi connectivity index (χ1v) is 11.5. The maximum atomic E-state index is 12.7. The van der Waals surface area contributed by atoms with Gasteiger partial charge < -0.3 is 4.42 Å². The van der Waals surface area contributed by atoms with Gasteiger partial charge in [0.15, 0.2) is 5.15 Å². The molecule has 0 saturated heterocycles. The van der Waals surface area contributed by atoms with Crippen LogP contribution in [0.5, 0.6) is 0 Å². The minimum Gasteiger partial charge on any atom is -0.445 e. The lowest BCUT2D eigenvalue weighted by Gasteiger charge is -2.10. The van der Waals surface area contributed by atoms with Crippen LogP contribution in [0, 0.1) is 0 Å². The SMILES string of the molecule is O=S(=O)(Nc1cc(-c2coc3ncc(-c4ccccc4)cc23)cnc1Cl)c1ccccc1. The first kappa shape index (κ1) is 20.2. The van der Waals surface area contributed by atoms with Gasteiger partial charge in [-0.15, -0.1) is 0 Å². The molecule has 8 heteroatoms. The van der Waals surface area contributed by atoms with Crippen LogP contribution in [0.4, 0.5) is 5.69 Å². The summed E-state index contributed by atoms with van der Waals surface area (Å²) in [6.07, 6.45) is 4.90. The molecule has 3 heterocycles. The number of rotatable bonds is 5. The van der Waals surface area contributed by atoms with E-state index < -0.39 is 10.0 Å². The molecule has 0 saturated carbocycles. The van der Waals surface area contributed by atoms with Gasteiger partial charge in [0.05, 0.1) is 10.6 Å². The van der Waals surface area contributed by atoms with Crippen LogP contribution in [0.15, 0.2) is 101 Å². The molecule has 0 atom stereocenters. The highest BCUT2D eigenvalue weighted by Gasteiger charge is 2.18. The number of nitrogens with zero attached hydrogens (tertiary/aromatic N) is 2. The van der Waals surface area contributed by atoms with Gasteiger partial charge >= 0.3 is 0 Å². The second-order valence-electron chi connectivity index (χ2n) is 7.07. The van der Waals surface area contributed by atoms with E-state index in [9.17, 15) is 8.42 Å². The second kappa shape index (κ2) is 8.11. The van der Waals surface area contributed by atoms with E-state index in [0.717, 1.165) is 22.1 Å². The fraction of sp³-hybridized carbons (Fsp3) is 0. The van der Waals surface area contributed by atoms with E-state index in [1.807, 2.05) is 36.4 Å². The second-order valence-corrected chi connectivity index (χ2v) is 9.11. The van der Waals surface area contributed by atoms with Gasteiger partial charge in [0.25, 0.3) is 10.0 Å². The van der Waals surface area contributed by atoms with Crippen molar-refractivity contribution in [3.05, 3.63) is 96.6 Å². The minimum absolute atomic E-state index is 0.0455. The minimum atomic E-state index is -3.82. The Balaban J connectivity index is 1.56. The Morgan fingerprint density at radius 3 is 2.25 bits per heavy atom.